The Labute approximate surface area is 93.4 Å². The van der Waals surface area contributed by atoms with Crippen LogP contribution in [0.3, 0.4) is 0 Å². The van der Waals surface area contributed by atoms with Crippen LogP contribution in [0.5, 0.6) is 0 Å². The summed E-state index contributed by atoms with van der Waals surface area (Å²) in [5.41, 5.74) is -0.782. The van der Waals surface area contributed by atoms with E-state index in [0.717, 1.165) is 6.42 Å². The van der Waals surface area contributed by atoms with E-state index < -0.39 is 18.3 Å². The number of hydrogen-bond acceptors (Lipinski definition) is 3. The fourth-order valence-corrected chi connectivity index (χ4v) is 2.30. The maximum absolute atomic E-state index is 12.2. The van der Waals surface area contributed by atoms with E-state index in [0.29, 0.717) is 19.5 Å². The number of halogens is 3. The summed E-state index contributed by atoms with van der Waals surface area (Å²) in [6.07, 6.45) is -2.96. The van der Waals surface area contributed by atoms with Crippen LogP contribution in [0.1, 0.15) is 19.8 Å². The molecule has 3 N–H and O–H groups in total. The quantitative estimate of drug-likeness (QED) is 0.684. The van der Waals surface area contributed by atoms with Crippen LogP contribution in [0.25, 0.3) is 0 Å². The van der Waals surface area contributed by atoms with E-state index >= 15 is 0 Å². The summed E-state index contributed by atoms with van der Waals surface area (Å²) in [6.45, 7) is 1.94. The molecule has 6 heteroatoms. The van der Waals surface area contributed by atoms with Crippen LogP contribution in [0.4, 0.5) is 13.2 Å². The number of rotatable bonds is 4. The fourth-order valence-electron chi connectivity index (χ4n) is 2.30. The van der Waals surface area contributed by atoms with Gasteiger partial charge in [0.15, 0.2) is 0 Å². The minimum absolute atomic E-state index is 0.0357. The molecular formula is C10H19F3N2O. The molecule has 0 spiro atoms. The van der Waals surface area contributed by atoms with Gasteiger partial charge in [-0.25, -0.2) is 0 Å². The highest BCUT2D eigenvalue weighted by molar-refractivity contribution is 4.98. The van der Waals surface area contributed by atoms with Crippen molar-refractivity contribution in [2.75, 3.05) is 26.2 Å². The van der Waals surface area contributed by atoms with Gasteiger partial charge in [-0.2, -0.15) is 13.2 Å². The molecular weight excluding hydrogens is 221 g/mol. The smallest absolute Gasteiger partial charge is 0.394 e. The zero-order chi connectivity index (χ0) is 12.2. The maximum atomic E-state index is 12.2. The highest BCUT2D eigenvalue weighted by Crippen LogP contribution is 2.28. The molecule has 1 heterocycles. The molecule has 16 heavy (non-hydrogen) atoms. The molecule has 1 aliphatic rings. The van der Waals surface area contributed by atoms with Crippen molar-refractivity contribution in [3.63, 3.8) is 0 Å². The Hall–Kier alpha value is -0.330. The molecule has 0 radical (unpaired) electrons. The first kappa shape index (κ1) is 13.7. The maximum Gasteiger partial charge on any atom is 0.401 e. The predicted molar refractivity (Wildman–Crippen MR) is 55.1 cm³/mol. The van der Waals surface area contributed by atoms with Crippen molar-refractivity contribution in [2.45, 2.75) is 31.5 Å². The fraction of sp³-hybridized carbons (Fsp3) is 1.00. The highest BCUT2D eigenvalue weighted by atomic mass is 19.4. The van der Waals surface area contributed by atoms with Crippen LogP contribution < -0.4 is 10.6 Å². The van der Waals surface area contributed by atoms with E-state index in [1.54, 1.807) is 0 Å². The largest absolute Gasteiger partial charge is 0.401 e. The van der Waals surface area contributed by atoms with Crippen molar-refractivity contribution in [3.8, 4) is 0 Å². The van der Waals surface area contributed by atoms with Gasteiger partial charge in [0.2, 0.25) is 0 Å². The third-order valence-electron chi connectivity index (χ3n) is 3.34. The number of aliphatic hydroxyl groups is 1. The topological polar surface area (TPSA) is 44.3 Å². The Morgan fingerprint density at radius 2 is 2.19 bits per heavy atom. The molecule has 2 atom stereocenters. The molecule has 0 amide bonds. The molecule has 0 saturated carbocycles. The van der Waals surface area contributed by atoms with Crippen molar-refractivity contribution in [3.05, 3.63) is 0 Å². The second-order valence-electron chi connectivity index (χ2n) is 4.34. The normalized spacial score (nSPS) is 31.7. The molecule has 1 saturated heterocycles. The van der Waals surface area contributed by atoms with Crippen molar-refractivity contribution in [1.29, 1.82) is 0 Å². The molecule has 1 aliphatic heterocycles. The lowest BCUT2D eigenvalue weighted by Crippen LogP contribution is -2.62. The van der Waals surface area contributed by atoms with Crippen LogP contribution in [0.2, 0.25) is 0 Å². The minimum Gasteiger partial charge on any atom is -0.394 e. The molecule has 0 aliphatic carbocycles. The van der Waals surface area contributed by atoms with Crippen LogP contribution in [-0.2, 0) is 0 Å². The predicted octanol–water partition coefficient (Wildman–Crippen LogP) is 0.889. The molecule has 2 unspecified atom stereocenters. The van der Waals surface area contributed by atoms with Gasteiger partial charge in [-0.15, -0.1) is 0 Å². The lowest BCUT2D eigenvalue weighted by atomic mass is 9.77. The summed E-state index contributed by atoms with van der Waals surface area (Å²) in [5, 5.41) is 15.0. The van der Waals surface area contributed by atoms with Crippen LogP contribution >= 0.6 is 0 Å². The van der Waals surface area contributed by atoms with Crippen LogP contribution in [-0.4, -0.2) is 43.1 Å². The summed E-state index contributed by atoms with van der Waals surface area (Å²) in [5.74, 6) is 0.0357. The second-order valence-corrected chi connectivity index (χ2v) is 4.34. The zero-order valence-electron chi connectivity index (χ0n) is 9.40. The molecule has 0 aromatic carbocycles. The van der Waals surface area contributed by atoms with E-state index in [2.05, 4.69) is 10.6 Å². The lowest BCUT2D eigenvalue weighted by Gasteiger charge is -2.44. The zero-order valence-corrected chi connectivity index (χ0v) is 9.40. The van der Waals surface area contributed by atoms with Crippen molar-refractivity contribution in [1.82, 2.24) is 10.6 Å². The molecule has 0 bridgehead atoms. The van der Waals surface area contributed by atoms with E-state index in [9.17, 15) is 18.3 Å². The summed E-state index contributed by atoms with van der Waals surface area (Å²) in [4.78, 5) is 0. The average molecular weight is 240 g/mol. The molecule has 0 aromatic heterocycles. The van der Waals surface area contributed by atoms with Gasteiger partial charge < -0.3 is 15.7 Å². The van der Waals surface area contributed by atoms with Gasteiger partial charge in [-0.1, -0.05) is 13.3 Å². The SMILES string of the molecule is CCC1CNCCC1(CO)NCC(F)(F)F. The van der Waals surface area contributed by atoms with E-state index in [1.807, 2.05) is 6.92 Å². The first-order chi connectivity index (χ1) is 7.43. The average Bonchev–Trinajstić information content (AvgIpc) is 2.25. The van der Waals surface area contributed by atoms with E-state index in [4.69, 9.17) is 0 Å². The van der Waals surface area contributed by atoms with E-state index in [1.165, 1.54) is 0 Å². The summed E-state index contributed by atoms with van der Waals surface area (Å²) in [7, 11) is 0. The summed E-state index contributed by atoms with van der Waals surface area (Å²) in [6, 6.07) is 0. The monoisotopic (exact) mass is 240 g/mol. The van der Waals surface area contributed by atoms with Gasteiger partial charge >= 0.3 is 6.18 Å². The molecule has 0 aromatic rings. The van der Waals surface area contributed by atoms with Crippen molar-refractivity contribution >= 4 is 0 Å². The van der Waals surface area contributed by atoms with Gasteiger partial charge in [0, 0.05) is 5.54 Å². The number of hydrogen-bond donors (Lipinski definition) is 3. The standard InChI is InChI=1S/C10H19F3N2O/c1-2-8-5-14-4-3-9(8,7-16)15-6-10(11,12)13/h8,14-16H,2-7H2,1H3. The van der Waals surface area contributed by atoms with Crippen LogP contribution in [0, 0.1) is 5.92 Å². The second kappa shape index (κ2) is 5.33. The van der Waals surface area contributed by atoms with Crippen LogP contribution in [0.15, 0.2) is 0 Å². The van der Waals surface area contributed by atoms with E-state index in [-0.39, 0.29) is 12.5 Å². The Kier molecular flexibility index (Phi) is 4.58. The van der Waals surface area contributed by atoms with Gasteiger partial charge in [0.1, 0.15) is 0 Å². The van der Waals surface area contributed by atoms with Gasteiger partial charge in [0.05, 0.1) is 13.2 Å². The van der Waals surface area contributed by atoms with Crippen molar-refractivity contribution < 1.29 is 18.3 Å². The van der Waals surface area contributed by atoms with Gasteiger partial charge in [-0.3, -0.25) is 0 Å². The summed E-state index contributed by atoms with van der Waals surface area (Å²) < 4.78 is 36.6. The Bertz CT molecular complexity index is 223. The number of nitrogens with one attached hydrogen (secondary N) is 2. The number of piperidine rings is 1. The molecule has 96 valence electrons. The first-order valence-corrected chi connectivity index (χ1v) is 5.57. The molecule has 1 fully saturated rings. The highest BCUT2D eigenvalue weighted by Gasteiger charge is 2.41. The summed E-state index contributed by atoms with van der Waals surface area (Å²) >= 11 is 0. The number of alkyl halides is 3. The molecule has 1 rings (SSSR count). The third-order valence-corrected chi connectivity index (χ3v) is 3.34. The van der Waals surface area contributed by atoms with Gasteiger partial charge in [0.25, 0.3) is 0 Å². The molecule has 3 nitrogen and oxygen atoms in total. The number of aliphatic hydroxyl groups excluding tert-OH is 1. The van der Waals surface area contributed by atoms with Gasteiger partial charge in [-0.05, 0) is 25.4 Å². The Morgan fingerprint density at radius 3 is 2.69 bits per heavy atom. The Morgan fingerprint density at radius 1 is 1.50 bits per heavy atom. The Balaban J connectivity index is 2.66. The first-order valence-electron chi connectivity index (χ1n) is 5.57. The lowest BCUT2D eigenvalue weighted by molar-refractivity contribution is -0.132. The third kappa shape index (κ3) is 3.33. The van der Waals surface area contributed by atoms with Crippen molar-refractivity contribution in [2.24, 2.45) is 5.92 Å². The minimum atomic E-state index is -4.23.